The summed E-state index contributed by atoms with van der Waals surface area (Å²) in [7, 11) is 0. The zero-order valence-corrected chi connectivity index (χ0v) is 6.73. The highest BCUT2D eigenvalue weighted by atomic mass is 16.5. The van der Waals surface area contributed by atoms with Crippen molar-refractivity contribution in [3.05, 3.63) is 29.6 Å². The van der Waals surface area contributed by atoms with Crippen molar-refractivity contribution in [2.45, 2.75) is 6.61 Å². The molecule has 0 aliphatic carbocycles. The highest BCUT2D eigenvalue weighted by Gasteiger charge is 1.98. The van der Waals surface area contributed by atoms with E-state index in [1.807, 2.05) is 6.07 Å². The molecule has 13 heavy (non-hydrogen) atoms. The molecule has 0 aromatic carbocycles. The Bertz CT molecular complexity index is 357. The van der Waals surface area contributed by atoms with E-state index >= 15 is 0 Å². The topological polar surface area (TPSA) is 89.0 Å². The number of nitrogens with zero attached hydrogens (tertiary/aromatic N) is 2. The minimum absolute atomic E-state index is 0.0395. The summed E-state index contributed by atoms with van der Waals surface area (Å²) in [4.78, 5) is 14.0. The molecule has 0 radical (unpaired) electrons. The van der Waals surface area contributed by atoms with Gasteiger partial charge in [-0.1, -0.05) is 0 Å². The van der Waals surface area contributed by atoms with Crippen molar-refractivity contribution in [1.29, 1.82) is 5.26 Å². The van der Waals surface area contributed by atoms with Crippen LogP contribution in [0, 0.1) is 11.3 Å². The highest BCUT2D eigenvalue weighted by molar-refractivity contribution is 5.64. The maximum Gasteiger partial charge on any atom is 0.404 e. The number of nitrogens with two attached hydrogens (primary N) is 1. The molecule has 5 heteroatoms. The van der Waals surface area contributed by atoms with Crippen LogP contribution >= 0.6 is 0 Å². The number of hydrogen-bond donors (Lipinski definition) is 1. The first-order valence-corrected chi connectivity index (χ1v) is 3.48. The van der Waals surface area contributed by atoms with Crippen molar-refractivity contribution < 1.29 is 9.53 Å². The van der Waals surface area contributed by atoms with Crippen LogP contribution in [0.2, 0.25) is 0 Å². The summed E-state index contributed by atoms with van der Waals surface area (Å²) in [6.45, 7) is 0.0395. The largest absolute Gasteiger partial charge is 0.445 e. The molecular formula is C8H7N3O2. The average molecular weight is 177 g/mol. The summed E-state index contributed by atoms with van der Waals surface area (Å²) in [6.07, 6.45) is 2.08. The third-order valence-corrected chi connectivity index (χ3v) is 1.31. The van der Waals surface area contributed by atoms with Crippen molar-refractivity contribution >= 4 is 6.09 Å². The van der Waals surface area contributed by atoms with Crippen LogP contribution in [0.1, 0.15) is 11.1 Å². The van der Waals surface area contributed by atoms with E-state index in [2.05, 4.69) is 9.72 Å². The first-order chi connectivity index (χ1) is 6.22. The predicted octanol–water partition coefficient (Wildman–Crippen LogP) is 0.549. The van der Waals surface area contributed by atoms with Crippen LogP contribution in [-0.4, -0.2) is 11.1 Å². The number of carbonyl (C=O) groups is 1. The summed E-state index contributed by atoms with van der Waals surface area (Å²) in [5.41, 5.74) is 5.82. The van der Waals surface area contributed by atoms with Crippen LogP contribution in [-0.2, 0) is 11.3 Å². The van der Waals surface area contributed by atoms with Crippen LogP contribution in [0.25, 0.3) is 0 Å². The van der Waals surface area contributed by atoms with Crippen molar-refractivity contribution in [2.75, 3.05) is 0 Å². The molecule has 0 unspecified atom stereocenters. The van der Waals surface area contributed by atoms with Crippen molar-refractivity contribution in [1.82, 2.24) is 4.98 Å². The van der Waals surface area contributed by atoms with Gasteiger partial charge < -0.3 is 10.5 Å². The fraction of sp³-hybridized carbons (Fsp3) is 0.125. The van der Waals surface area contributed by atoms with E-state index in [1.165, 1.54) is 12.4 Å². The molecule has 1 aromatic heterocycles. The lowest BCUT2D eigenvalue weighted by atomic mass is 10.2. The SMILES string of the molecule is N#Cc1cncc(COC(N)=O)c1. The Kier molecular flexibility index (Phi) is 2.82. The molecule has 1 rings (SSSR count). The maximum absolute atomic E-state index is 10.2. The lowest BCUT2D eigenvalue weighted by Crippen LogP contribution is -2.12. The van der Waals surface area contributed by atoms with Crippen molar-refractivity contribution in [3.8, 4) is 6.07 Å². The van der Waals surface area contributed by atoms with Crippen LogP contribution in [0.15, 0.2) is 18.5 Å². The minimum Gasteiger partial charge on any atom is -0.445 e. The maximum atomic E-state index is 10.2. The number of carbonyl (C=O) groups excluding carboxylic acids is 1. The van der Waals surface area contributed by atoms with Crippen LogP contribution in [0.3, 0.4) is 0 Å². The summed E-state index contributed by atoms with van der Waals surface area (Å²) in [5.74, 6) is 0. The number of aromatic nitrogens is 1. The summed E-state index contributed by atoms with van der Waals surface area (Å²) >= 11 is 0. The van der Waals surface area contributed by atoms with E-state index in [0.717, 1.165) is 0 Å². The van der Waals surface area contributed by atoms with E-state index in [9.17, 15) is 4.79 Å². The third-order valence-electron chi connectivity index (χ3n) is 1.31. The lowest BCUT2D eigenvalue weighted by Gasteiger charge is -2.00. The van der Waals surface area contributed by atoms with Gasteiger partial charge in [0.1, 0.15) is 12.7 Å². The molecule has 1 aromatic rings. The molecule has 0 fully saturated rings. The van der Waals surface area contributed by atoms with E-state index in [0.29, 0.717) is 11.1 Å². The van der Waals surface area contributed by atoms with Gasteiger partial charge in [0.15, 0.2) is 0 Å². The second-order valence-electron chi connectivity index (χ2n) is 2.30. The quantitative estimate of drug-likeness (QED) is 0.714. The molecule has 2 N–H and O–H groups in total. The smallest absolute Gasteiger partial charge is 0.404 e. The molecule has 1 amide bonds. The van der Waals surface area contributed by atoms with E-state index < -0.39 is 6.09 Å². The average Bonchev–Trinajstić information content (AvgIpc) is 2.15. The molecule has 0 bridgehead atoms. The molecule has 5 nitrogen and oxygen atoms in total. The van der Waals surface area contributed by atoms with Crippen LogP contribution in [0.5, 0.6) is 0 Å². The Morgan fingerprint density at radius 3 is 3.08 bits per heavy atom. The Balaban J connectivity index is 2.68. The molecule has 0 aliphatic heterocycles. The van der Waals surface area contributed by atoms with Crippen LogP contribution < -0.4 is 5.73 Å². The molecule has 66 valence electrons. The Morgan fingerprint density at radius 1 is 1.69 bits per heavy atom. The van der Waals surface area contributed by atoms with Gasteiger partial charge in [-0.2, -0.15) is 5.26 Å². The molecule has 0 saturated carbocycles. The predicted molar refractivity (Wildman–Crippen MR) is 43.3 cm³/mol. The second-order valence-corrected chi connectivity index (χ2v) is 2.30. The summed E-state index contributed by atoms with van der Waals surface area (Å²) in [5, 5.41) is 8.52. The molecular weight excluding hydrogens is 170 g/mol. The minimum atomic E-state index is -0.845. The van der Waals surface area contributed by atoms with E-state index in [4.69, 9.17) is 11.0 Å². The summed E-state index contributed by atoms with van der Waals surface area (Å²) in [6, 6.07) is 3.50. The number of hydrogen-bond acceptors (Lipinski definition) is 4. The normalized spacial score (nSPS) is 8.85. The van der Waals surface area contributed by atoms with Gasteiger partial charge in [0.2, 0.25) is 0 Å². The number of primary amides is 1. The molecule has 0 spiro atoms. The van der Waals surface area contributed by atoms with Gasteiger partial charge in [0.05, 0.1) is 5.56 Å². The zero-order valence-electron chi connectivity index (χ0n) is 6.73. The first-order valence-electron chi connectivity index (χ1n) is 3.48. The standard InChI is InChI=1S/C8H7N3O2/c9-2-6-1-7(4-11-3-6)5-13-8(10)12/h1,3-4H,5H2,(H2,10,12). The third kappa shape index (κ3) is 2.79. The van der Waals surface area contributed by atoms with Gasteiger partial charge in [0.25, 0.3) is 0 Å². The van der Waals surface area contributed by atoms with Gasteiger partial charge in [0, 0.05) is 18.0 Å². The number of nitriles is 1. The first kappa shape index (κ1) is 9.00. The molecule has 0 saturated heterocycles. The fourth-order valence-electron chi connectivity index (χ4n) is 0.782. The monoisotopic (exact) mass is 177 g/mol. The number of rotatable bonds is 2. The van der Waals surface area contributed by atoms with Gasteiger partial charge in [-0.3, -0.25) is 4.98 Å². The van der Waals surface area contributed by atoms with Crippen molar-refractivity contribution in [3.63, 3.8) is 0 Å². The number of ether oxygens (including phenoxy) is 1. The van der Waals surface area contributed by atoms with Gasteiger partial charge >= 0.3 is 6.09 Å². The second kappa shape index (κ2) is 4.07. The molecule has 0 atom stereocenters. The van der Waals surface area contributed by atoms with Gasteiger partial charge in [-0.05, 0) is 6.07 Å². The van der Waals surface area contributed by atoms with Crippen LogP contribution in [0.4, 0.5) is 4.79 Å². The lowest BCUT2D eigenvalue weighted by molar-refractivity contribution is 0.150. The fourth-order valence-corrected chi connectivity index (χ4v) is 0.782. The Morgan fingerprint density at radius 2 is 2.46 bits per heavy atom. The molecule has 0 aliphatic rings. The van der Waals surface area contributed by atoms with Gasteiger partial charge in [-0.15, -0.1) is 0 Å². The van der Waals surface area contributed by atoms with E-state index in [-0.39, 0.29) is 6.61 Å². The number of pyridine rings is 1. The van der Waals surface area contributed by atoms with Crippen molar-refractivity contribution in [2.24, 2.45) is 5.73 Å². The zero-order chi connectivity index (χ0) is 9.68. The van der Waals surface area contributed by atoms with E-state index in [1.54, 1.807) is 6.07 Å². The Labute approximate surface area is 74.8 Å². The highest BCUT2D eigenvalue weighted by Crippen LogP contribution is 2.02. The Hall–Kier alpha value is -2.09. The number of amides is 1. The molecule has 1 heterocycles. The summed E-state index contributed by atoms with van der Waals surface area (Å²) < 4.78 is 4.52. The van der Waals surface area contributed by atoms with Gasteiger partial charge in [-0.25, -0.2) is 4.79 Å².